The summed E-state index contributed by atoms with van der Waals surface area (Å²) in [6.45, 7) is 1.19. The van der Waals surface area contributed by atoms with Crippen molar-refractivity contribution >= 4 is 46.6 Å². The van der Waals surface area contributed by atoms with Crippen LogP contribution in [-0.4, -0.2) is 29.9 Å². The molecule has 0 aliphatic heterocycles. The maximum atomic E-state index is 11.7. The van der Waals surface area contributed by atoms with Gasteiger partial charge in [0.15, 0.2) is 5.11 Å². The van der Waals surface area contributed by atoms with Crippen LogP contribution < -0.4 is 16.0 Å². The molecule has 0 atom stereocenters. The zero-order valence-corrected chi connectivity index (χ0v) is 15.3. The van der Waals surface area contributed by atoms with Crippen molar-refractivity contribution in [2.45, 2.75) is 11.4 Å². The first-order valence-corrected chi connectivity index (χ1v) is 9.10. The molecule has 2 rings (SSSR count). The van der Waals surface area contributed by atoms with Crippen LogP contribution >= 0.6 is 35.6 Å². The molecular weight excluding hydrogens is 366 g/mol. The first kappa shape index (κ1) is 18.6. The fourth-order valence-electron chi connectivity index (χ4n) is 1.75. The van der Waals surface area contributed by atoms with E-state index in [0.717, 1.165) is 15.7 Å². The summed E-state index contributed by atoms with van der Waals surface area (Å²) < 4.78 is 5.14. The highest BCUT2D eigenvalue weighted by molar-refractivity contribution is 7.99. The van der Waals surface area contributed by atoms with E-state index in [0.29, 0.717) is 24.0 Å². The lowest BCUT2D eigenvalue weighted by atomic mass is 10.4. The van der Waals surface area contributed by atoms with Gasteiger partial charge in [-0.15, -0.1) is 11.8 Å². The van der Waals surface area contributed by atoms with E-state index in [1.807, 2.05) is 24.3 Å². The number of thioether (sulfide) groups is 1. The number of amides is 1. The lowest BCUT2D eigenvalue weighted by molar-refractivity contribution is -0.120. The van der Waals surface area contributed by atoms with Gasteiger partial charge in [0.2, 0.25) is 5.91 Å². The van der Waals surface area contributed by atoms with Crippen LogP contribution in [0.5, 0.6) is 0 Å². The molecule has 0 unspecified atom stereocenters. The molecule has 2 aromatic rings. The predicted molar refractivity (Wildman–Crippen MR) is 101 cm³/mol. The number of furan rings is 1. The highest BCUT2D eigenvalue weighted by Crippen LogP contribution is 2.19. The molecule has 5 nitrogen and oxygen atoms in total. The largest absolute Gasteiger partial charge is 0.467 e. The van der Waals surface area contributed by atoms with E-state index in [-0.39, 0.29) is 12.5 Å². The minimum absolute atomic E-state index is 0.122. The first-order chi connectivity index (χ1) is 11.6. The number of halogens is 1. The van der Waals surface area contributed by atoms with Crippen molar-refractivity contribution in [3.8, 4) is 0 Å². The second-order valence-electron chi connectivity index (χ2n) is 4.77. The van der Waals surface area contributed by atoms with E-state index in [9.17, 15) is 4.79 Å². The van der Waals surface area contributed by atoms with Crippen LogP contribution in [0.1, 0.15) is 5.76 Å². The molecule has 0 aliphatic rings. The number of hydrogen-bond donors (Lipinski definition) is 3. The van der Waals surface area contributed by atoms with Gasteiger partial charge in [0.05, 0.1) is 19.4 Å². The Kier molecular flexibility index (Phi) is 7.94. The fraction of sp³-hybridized carbons (Fsp3) is 0.250. The average molecular weight is 384 g/mol. The van der Waals surface area contributed by atoms with E-state index >= 15 is 0 Å². The SMILES string of the molecule is O=C(CNC(=S)NCCSc1ccc(Cl)cc1)NCc1ccco1. The number of carbonyl (C=O) groups excluding carboxylic acids is 1. The quantitative estimate of drug-likeness (QED) is 0.370. The molecule has 0 saturated heterocycles. The number of carbonyl (C=O) groups is 1. The van der Waals surface area contributed by atoms with E-state index in [1.165, 1.54) is 0 Å². The molecule has 0 saturated carbocycles. The van der Waals surface area contributed by atoms with Crippen molar-refractivity contribution in [3.63, 3.8) is 0 Å². The highest BCUT2D eigenvalue weighted by Gasteiger charge is 2.03. The van der Waals surface area contributed by atoms with Crippen molar-refractivity contribution < 1.29 is 9.21 Å². The summed E-state index contributed by atoms with van der Waals surface area (Å²) in [6, 6.07) is 11.3. The molecule has 0 radical (unpaired) electrons. The Bertz CT molecular complexity index is 648. The molecule has 1 aromatic heterocycles. The van der Waals surface area contributed by atoms with Gasteiger partial charge < -0.3 is 20.4 Å². The molecule has 128 valence electrons. The summed E-state index contributed by atoms with van der Waals surface area (Å²) in [6.07, 6.45) is 1.57. The Morgan fingerprint density at radius 2 is 1.96 bits per heavy atom. The summed E-state index contributed by atoms with van der Waals surface area (Å²) >= 11 is 12.7. The van der Waals surface area contributed by atoms with E-state index < -0.39 is 0 Å². The summed E-state index contributed by atoms with van der Waals surface area (Å²) in [5.74, 6) is 1.42. The normalized spacial score (nSPS) is 10.2. The number of thiocarbonyl (C=S) groups is 1. The van der Waals surface area contributed by atoms with E-state index in [1.54, 1.807) is 30.2 Å². The Labute approximate surface area is 155 Å². The van der Waals surface area contributed by atoms with Crippen molar-refractivity contribution in [2.75, 3.05) is 18.8 Å². The predicted octanol–water partition coefficient (Wildman–Crippen LogP) is 2.81. The van der Waals surface area contributed by atoms with Crippen LogP contribution in [0, 0.1) is 0 Å². The summed E-state index contributed by atoms with van der Waals surface area (Å²) in [7, 11) is 0. The third-order valence-electron chi connectivity index (χ3n) is 2.92. The number of hydrogen-bond acceptors (Lipinski definition) is 4. The van der Waals surface area contributed by atoms with Gasteiger partial charge in [-0.3, -0.25) is 4.79 Å². The van der Waals surface area contributed by atoms with E-state index in [2.05, 4.69) is 16.0 Å². The lowest BCUT2D eigenvalue weighted by Gasteiger charge is -2.10. The van der Waals surface area contributed by atoms with Crippen LogP contribution in [0.2, 0.25) is 5.02 Å². The zero-order valence-electron chi connectivity index (χ0n) is 12.9. The monoisotopic (exact) mass is 383 g/mol. The maximum absolute atomic E-state index is 11.7. The third kappa shape index (κ3) is 7.25. The number of benzene rings is 1. The molecule has 1 amide bonds. The molecule has 1 heterocycles. The van der Waals surface area contributed by atoms with Gasteiger partial charge in [0.1, 0.15) is 5.76 Å². The number of nitrogens with one attached hydrogen (secondary N) is 3. The van der Waals surface area contributed by atoms with E-state index in [4.69, 9.17) is 28.2 Å². The van der Waals surface area contributed by atoms with Gasteiger partial charge in [0.25, 0.3) is 0 Å². The first-order valence-electron chi connectivity index (χ1n) is 7.32. The zero-order chi connectivity index (χ0) is 17.2. The highest BCUT2D eigenvalue weighted by atomic mass is 35.5. The van der Waals surface area contributed by atoms with Crippen LogP contribution in [-0.2, 0) is 11.3 Å². The second-order valence-corrected chi connectivity index (χ2v) is 6.78. The molecule has 1 aromatic carbocycles. The topological polar surface area (TPSA) is 66.3 Å². The molecule has 24 heavy (non-hydrogen) atoms. The summed E-state index contributed by atoms with van der Waals surface area (Å²) in [5, 5.41) is 9.86. The van der Waals surface area contributed by atoms with Crippen molar-refractivity contribution in [2.24, 2.45) is 0 Å². The van der Waals surface area contributed by atoms with Gasteiger partial charge in [-0.05, 0) is 48.6 Å². The lowest BCUT2D eigenvalue weighted by Crippen LogP contribution is -2.42. The molecule has 0 aliphatic carbocycles. The average Bonchev–Trinajstić information content (AvgIpc) is 3.10. The second kappa shape index (κ2) is 10.2. The Hall–Kier alpha value is -1.70. The van der Waals surface area contributed by atoms with Crippen molar-refractivity contribution in [1.82, 2.24) is 16.0 Å². The van der Waals surface area contributed by atoms with Gasteiger partial charge >= 0.3 is 0 Å². The fourth-order valence-corrected chi connectivity index (χ4v) is 2.82. The van der Waals surface area contributed by atoms with Crippen LogP contribution in [0.4, 0.5) is 0 Å². The van der Waals surface area contributed by atoms with Crippen LogP contribution in [0.25, 0.3) is 0 Å². The number of rotatable bonds is 8. The van der Waals surface area contributed by atoms with Gasteiger partial charge in [0, 0.05) is 22.2 Å². The minimum Gasteiger partial charge on any atom is -0.467 e. The standard InChI is InChI=1S/C16H18ClN3O2S2/c17-12-3-5-14(6-4-12)24-9-7-18-16(23)20-11-15(21)19-10-13-2-1-8-22-13/h1-6,8H,7,9-11H2,(H,19,21)(H2,18,20,23). The molecular formula is C16H18ClN3O2S2. The molecule has 8 heteroatoms. The summed E-state index contributed by atoms with van der Waals surface area (Å²) in [4.78, 5) is 12.8. The van der Waals surface area contributed by atoms with Gasteiger partial charge in [-0.25, -0.2) is 0 Å². The molecule has 3 N–H and O–H groups in total. The smallest absolute Gasteiger partial charge is 0.239 e. The van der Waals surface area contributed by atoms with Crippen LogP contribution in [0.3, 0.4) is 0 Å². The van der Waals surface area contributed by atoms with Gasteiger partial charge in [-0.1, -0.05) is 11.6 Å². The molecule has 0 spiro atoms. The minimum atomic E-state index is -0.147. The summed E-state index contributed by atoms with van der Waals surface area (Å²) in [5.41, 5.74) is 0. The molecule has 0 bridgehead atoms. The van der Waals surface area contributed by atoms with Crippen molar-refractivity contribution in [3.05, 3.63) is 53.4 Å². The van der Waals surface area contributed by atoms with Crippen LogP contribution in [0.15, 0.2) is 52.0 Å². The Morgan fingerprint density at radius 1 is 1.17 bits per heavy atom. The maximum Gasteiger partial charge on any atom is 0.239 e. The Balaban J connectivity index is 1.53. The van der Waals surface area contributed by atoms with Gasteiger partial charge in [-0.2, -0.15) is 0 Å². The molecule has 0 fully saturated rings. The van der Waals surface area contributed by atoms with Crippen molar-refractivity contribution in [1.29, 1.82) is 0 Å². The third-order valence-corrected chi connectivity index (χ3v) is 4.47. The Morgan fingerprint density at radius 3 is 2.67 bits per heavy atom.